The van der Waals surface area contributed by atoms with Gasteiger partial charge in [-0.2, -0.15) is 11.8 Å². The number of thioether (sulfide) groups is 1. The number of hydrogen-bond acceptors (Lipinski definition) is 3. The van der Waals surface area contributed by atoms with Crippen molar-refractivity contribution in [2.24, 2.45) is 0 Å². The second-order valence-corrected chi connectivity index (χ2v) is 7.80. The molecule has 0 saturated heterocycles. The van der Waals surface area contributed by atoms with Crippen molar-refractivity contribution in [2.75, 3.05) is 11.5 Å². The minimum absolute atomic E-state index is 0.604. The van der Waals surface area contributed by atoms with Gasteiger partial charge in [0, 0.05) is 24.3 Å². The predicted octanol–water partition coefficient (Wildman–Crippen LogP) is 3.71. The van der Waals surface area contributed by atoms with E-state index in [1.54, 1.807) is 11.8 Å². The van der Waals surface area contributed by atoms with Gasteiger partial charge in [-0.05, 0) is 25.0 Å². The molecule has 0 saturated carbocycles. The average Bonchev–Trinajstić information content (AvgIpc) is 2.47. The Labute approximate surface area is 143 Å². The van der Waals surface area contributed by atoms with Crippen LogP contribution in [0.4, 0.5) is 0 Å². The molecule has 0 radical (unpaired) electrons. The van der Waals surface area contributed by atoms with Crippen LogP contribution in [0.25, 0.3) is 0 Å². The van der Waals surface area contributed by atoms with Crippen molar-refractivity contribution < 1.29 is 10.2 Å². The van der Waals surface area contributed by atoms with E-state index >= 15 is 0 Å². The summed E-state index contributed by atoms with van der Waals surface area (Å²) in [6.07, 6.45) is 1.25. The Bertz CT molecular complexity index is 526. The molecule has 0 aliphatic carbocycles. The maximum Gasteiger partial charge on any atom is 0.0749 e. The molecule has 0 fully saturated rings. The zero-order chi connectivity index (χ0) is 16.8. The van der Waals surface area contributed by atoms with Crippen molar-refractivity contribution in [3.05, 3.63) is 71.8 Å². The third-order valence-electron chi connectivity index (χ3n) is 3.68. The highest BCUT2D eigenvalue weighted by Crippen LogP contribution is 2.23. The number of hydrogen-bond donors (Lipinski definition) is 2. The number of benzene rings is 2. The predicted molar refractivity (Wildman–Crippen MR) is 98.9 cm³/mol. The summed E-state index contributed by atoms with van der Waals surface area (Å²) in [5.41, 5.74) is 0.729. The smallest absolute Gasteiger partial charge is 0.0749 e. The molecule has 2 aromatic rings. The first-order valence-corrected chi connectivity index (χ1v) is 9.12. The molecule has 2 unspecified atom stereocenters. The Morgan fingerprint density at radius 3 is 1.39 bits per heavy atom. The zero-order valence-corrected chi connectivity index (χ0v) is 14.7. The third kappa shape index (κ3) is 6.78. The molecule has 0 spiro atoms. The van der Waals surface area contributed by atoms with Crippen LogP contribution < -0.4 is 0 Å². The van der Waals surface area contributed by atoms with E-state index in [4.69, 9.17) is 0 Å². The highest BCUT2D eigenvalue weighted by atomic mass is 32.2. The van der Waals surface area contributed by atoms with Crippen LogP contribution in [0.1, 0.15) is 25.0 Å². The Balaban J connectivity index is 1.80. The molecule has 0 heterocycles. The molecule has 0 amide bonds. The van der Waals surface area contributed by atoms with Gasteiger partial charge in [-0.1, -0.05) is 60.7 Å². The average molecular weight is 330 g/mol. The Morgan fingerprint density at radius 2 is 1.04 bits per heavy atom. The van der Waals surface area contributed by atoms with Gasteiger partial charge >= 0.3 is 0 Å². The van der Waals surface area contributed by atoms with Gasteiger partial charge in [0.25, 0.3) is 0 Å². The minimum atomic E-state index is -0.769. The lowest BCUT2D eigenvalue weighted by Gasteiger charge is -2.27. The van der Waals surface area contributed by atoms with Gasteiger partial charge in [-0.15, -0.1) is 0 Å². The van der Waals surface area contributed by atoms with Crippen molar-refractivity contribution in [2.45, 2.75) is 37.9 Å². The molecule has 124 valence electrons. The summed E-state index contributed by atoms with van der Waals surface area (Å²) in [4.78, 5) is 0. The molecule has 2 aromatic carbocycles. The first kappa shape index (κ1) is 18.1. The normalized spacial score (nSPS) is 16.5. The van der Waals surface area contributed by atoms with Gasteiger partial charge < -0.3 is 10.2 Å². The van der Waals surface area contributed by atoms with Crippen LogP contribution in [0.15, 0.2) is 60.7 Å². The minimum Gasteiger partial charge on any atom is -0.389 e. The van der Waals surface area contributed by atoms with Crippen LogP contribution in [0.3, 0.4) is 0 Å². The fourth-order valence-electron chi connectivity index (χ4n) is 2.66. The van der Waals surface area contributed by atoms with E-state index in [0.717, 1.165) is 11.1 Å². The van der Waals surface area contributed by atoms with Crippen molar-refractivity contribution in [1.82, 2.24) is 0 Å². The van der Waals surface area contributed by atoms with Crippen LogP contribution in [-0.4, -0.2) is 32.9 Å². The molecule has 2 N–H and O–H groups in total. The van der Waals surface area contributed by atoms with Crippen molar-refractivity contribution in [1.29, 1.82) is 0 Å². The Kier molecular flexibility index (Phi) is 6.28. The number of aliphatic hydroxyl groups is 2. The summed E-state index contributed by atoms with van der Waals surface area (Å²) < 4.78 is 0. The van der Waals surface area contributed by atoms with Gasteiger partial charge in [0.15, 0.2) is 0 Å². The standard InChI is InChI=1S/C20H26O2S/c1-19(21,13-17-9-5-3-6-10-17)15-23-16-20(2,22)14-18-11-7-4-8-12-18/h3-12,21-22H,13-16H2,1-2H3. The summed E-state index contributed by atoms with van der Waals surface area (Å²) in [6, 6.07) is 20.0. The van der Waals surface area contributed by atoms with Gasteiger partial charge in [0.2, 0.25) is 0 Å². The molecule has 3 heteroatoms. The fraction of sp³-hybridized carbons (Fsp3) is 0.400. The second kappa shape index (κ2) is 8.00. The first-order valence-electron chi connectivity index (χ1n) is 7.97. The topological polar surface area (TPSA) is 40.5 Å². The zero-order valence-electron chi connectivity index (χ0n) is 13.9. The summed E-state index contributed by atoms with van der Waals surface area (Å²) in [5.74, 6) is 1.21. The lowest BCUT2D eigenvalue weighted by atomic mass is 9.98. The molecule has 0 aliphatic heterocycles. The maximum atomic E-state index is 10.6. The molecular weight excluding hydrogens is 304 g/mol. The third-order valence-corrected chi connectivity index (χ3v) is 5.33. The van der Waals surface area contributed by atoms with E-state index in [2.05, 4.69) is 0 Å². The van der Waals surface area contributed by atoms with E-state index in [0.29, 0.717) is 24.3 Å². The van der Waals surface area contributed by atoms with Crippen LogP contribution in [-0.2, 0) is 12.8 Å². The summed E-state index contributed by atoms with van der Waals surface area (Å²) >= 11 is 1.61. The maximum absolute atomic E-state index is 10.6. The van der Waals surface area contributed by atoms with Gasteiger partial charge in [-0.3, -0.25) is 0 Å². The van der Waals surface area contributed by atoms with E-state index < -0.39 is 11.2 Å². The van der Waals surface area contributed by atoms with Crippen molar-refractivity contribution >= 4 is 11.8 Å². The van der Waals surface area contributed by atoms with E-state index in [1.807, 2.05) is 74.5 Å². The fourth-order valence-corrected chi connectivity index (χ4v) is 3.85. The molecule has 0 bridgehead atoms. The molecule has 2 atom stereocenters. The lowest BCUT2D eigenvalue weighted by molar-refractivity contribution is 0.0808. The summed E-state index contributed by atoms with van der Waals surface area (Å²) in [6.45, 7) is 3.72. The second-order valence-electron chi connectivity index (χ2n) is 6.81. The SMILES string of the molecule is CC(O)(CSCC(C)(O)Cc1ccccc1)Cc1ccccc1. The van der Waals surface area contributed by atoms with Crippen LogP contribution in [0.5, 0.6) is 0 Å². The van der Waals surface area contributed by atoms with Gasteiger partial charge in [0.05, 0.1) is 11.2 Å². The molecular formula is C20H26O2S. The van der Waals surface area contributed by atoms with E-state index in [1.165, 1.54) is 0 Å². The first-order chi connectivity index (χ1) is 10.9. The number of rotatable bonds is 8. The Hall–Kier alpha value is -1.29. The highest BCUT2D eigenvalue weighted by Gasteiger charge is 2.25. The summed E-state index contributed by atoms with van der Waals surface area (Å²) in [7, 11) is 0. The lowest BCUT2D eigenvalue weighted by Crippen LogP contribution is -2.34. The van der Waals surface area contributed by atoms with Crippen LogP contribution >= 0.6 is 11.8 Å². The van der Waals surface area contributed by atoms with Crippen LogP contribution in [0, 0.1) is 0 Å². The molecule has 0 aliphatic rings. The summed E-state index contributed by atoms with van der Waals surface area (Å²) in [5, 5.41) is 21.1. The largest absolute Gasteiger partial charge is 0.389 e. The quantitative estimate of drug-likeness (QED) is 0.775. The molecule has 2 nitrogen and oxygen atoms in total. The van der Waals surface area contributed by atoms with Crippen molar-refractivity contribution in [3.8, 4) is 0 Å². The molecule has 2 rings (SSSR count). The van der Waals surface area contributed by atoms with Gasteiger partial charge in [0.1, 0.15) is 0 Å². The monoisotopic (exact) mass is 330 g/mol. The highest BCUT2D eigenvalue weighted by molar-refractivity contribution is 7.99. The van der Waals surface area contributed by atoms with Crippen LogP contribution in [0.2, 0.25) is 0 Å². The molecule has 0 aromatic heterocycles. The van der Waals surface area contributed by atoms with E-state index in [9.17, 15) is 10.2 Å². The van der Waals surface area contributed by atoms with Gasteiger partial charge in [-0.25, -0.2) is 0 Å². The Morgan fingerprint density at radius 1 is 0.696 bits per heavy atom. The van der Waals surface area contributed by atoms with E-state index in [-0.39, 0.29) is 0 Å². The molecule has 23 heavy (non-hydrogen) atoms. The van der Waals surface area contributed by atoms with Crippen molar-refractivity contribution in [3.63, 3.8) is 0 Å².